The first-order valence-corrected chi connectivity index (χ1v) is 6.09. The zero-order valence-electron chi connectivity index (χ0n) is 10.1. The van der Waals surface area contributed by atoms with Crippen LogP contribution in [0.5, 0.6) is 0 Å². The molecule has 1 aromatic carbocycles. The molecule has 1 unspecified atom stereocenters. The van der Waals surface area contributed by atoms with Gasteiger partial charge in [0, 0.05) is 11.4 Å². The first kappa shape index (κ1) is 14.0. The van der Waals surface area contributed by atoms with Crippen molar-refractivity contribution in [3.63, 3.8) is 0 Å². The lowest BCUT2D eigenvalue weighted by molar-refractivity contribution is -0.122. The highest BCUT2D eigenvalue weighted by atomic mass is 35.5. The van der Waals surface area contributed by atoms with Crippen molar-refractivity contribution < 1.29 is 9.90 Å². The Morgan fingerprint density at radius 3 is 2.76 bits per heavy atom. The number of benzene rings is 1. The molecular formula is C13H18ClNO2. The average Bonchev–Trinajstić information content (AvgIpc) is 2.26. The van der Waals surface area contributed by atoms with Crippen LogP contribution < -0.4 is 5.32 Å². The van der Waals surface area contributed by atoms with Crippen molar-refractivity contribution in [3.8, 4) is 0 Å². The van der Waals surface area contributed by atoms with Crippen LogP contribution in [0.25, 0.3) is 0 Å². The fraction of sp³-hybridized carbons (Fsp3) is 0.462. The number of rotatable bonds is 5. The molecule has 3 nitrogen and oxygen atoms in total. The molecule has 0 fully saturated rings. The van der Waals surface area contributed by atoms with E-state index in [2.05, 4.69) is 5.32 Å². The molecule has 94 valence electrons. The lowest BCUT2D eigenvalue weighted by Crippen LogP contribution is -2.27. The van der Waals surface area contributed by atoms with Crippen LogP contribution in [0, 0.1) is 0 Å². The van der Waals surface area contributed by atoms with E-state index in [9.17, 15) is 4.79 Å². The number of carbonyl (C=O) groups excluding carboxylic acids is 1. The smallest absolute Gasteiger partial charge is 0.220 e. The van der Waals surface area contributed by atoms with Gasteiger partial charge in [0.05, 0.1) is 12.1 Å². The Bertz CT molecular complexity index is 379. The van der Waals surface area contributed by atoms with E-state index in [1.165, 1.54) is 0 Å². The molecule has 1 rings (SSSR count). The van der Waals surface area contributed by atoms with E-state index < -0.39 is 6.10 Å². The van der Waals surface area contributed by atoms with Crippen molar-refractivity contribution >= 4 is 17.5 Å². The van der Waals surface area contributed by atoms with Gasteiger partial charge in [-0.15, -0.1) is 0 Å². The maximum Gasteiger partial charge on any atom is 0.220 e. The van der Waals surface area contributed by atoms with E-state index in [1.807, 2.05) is 25.1 Å². The van der Waals surface area contributed by atoms with Crippen LogP contribution in [0.1, 0.15) is 38.3 Å². The standard InChI is InChI=1S/C13H18ClNO2/c1-9(16)6-7-13(17)15-10(2)11-4-3-5-12(14)8-11/h3-5,8-10,16H,6-7H2,1-2H3,(H,15,17)/t9?,10-/m1/s1. The molecular weight excluding hydrogens is 238 g/mol. The van der Waals surface area contributed by atoms with Gasteiger partial charge in [0.2, 0.25) is 5.91 Å². The minimum absolute atomic E-state index is 0.0571. The molecule has 2 N–H and O–H groups in total. The average molecular weight is 256 g/mol. The molecule has 0 heterocycles. The fourth-order valence-corrected chi connectivity index (χ4v) is 1.71. The molecule has 0 saturated carbocycles. The number of aliphatic hydroxyl groups excluding tert-OH is 1. The second-order valence-electron chi connectivity index (χ2n) is 4.23. The summed E-state index contributed by atoms with van der Waals surface area (Å²) in [7, 11) is 0. The van der Waals surface area contributed by atoms with E-state index in [0.29, 0.717) is 17.9 Å². The summed E-state index contributed by atoms with van der Waals surface area (Å²) in [6.45, 7) is 3.58. The molecule has 0 saturated heterocycles. The lowest BCUT2D eigenvalue weighted by atomic mass is 10.1. The van der Waals surface area contributed by atoms with Gasteiger partial charge in [-0.2, -0.15) is 0 Å². The summed E-state index contributed by atoms with van der Waals surface area (Å²) < 4.78 is 0. The number of nitrogens with one attached hydrogen (secondary N) is 1. The Hall–Kier alpha value is -1.06. The highest BCUT2D eigenvalue weighted by Crippen LogP contribution is 2.17. The van der Waals surface area contributed by atoms with Gasteiger partial charge in [0.25, 0.3) is 0 Å². The van der Waals surface area contributed by atoms with Crippen molar-refractivity contribution in [1.82, 2.24) is 5.32 Å². The quantitative estimate of drug-likeness (QED) is 0.850. The van der Waals surface area contributed by atoms with Gasteiger partial charge < -0.3 is 10.4 Å². The third kappa shape index (κ3) is 5.20. The largest absolute Gasteiger partial charge is 0.393 e. The van der Waals surface area contributed by atoms with Crippen molar-refractivity contribution in [2.75, 3.05) is 0 Å². The third-order valence-corrected chi connectivity index (χ3v) is 2.75. The fourth-order valence-electron chi connectivity index (χ4n) is 1.51. The molecule has 0 aliphatic carbocycles. The van der Waals surface area contributed by atoms with Crippen molar-refractivity contribution in [2.45, 2.75) is 38.8 Å². The SMILES string of the molecule is CC(O)CCC(=O)N[C@H](C)c1cccc(Cl)c1. The minimum Gasteiger partial charge on any atom is -0.393 e. The Kier molecular flexibility index (Phi) is 5.45. The summed E-state index contributed by atoms with van der Waals surface area (Å²) in [4.78, 5) is 11.6. The van der Waals surface area contributed by atoms with Crippen molar-refractivity contribution in [1.29, 1.82) is 0 Å². The summed E-state index contributed by atoms with van der Waals surface area (Å²) in [6.07, 6.45) is 0.374. The van der Waals surface area contributed by atoms with Gasteiger partial charge in [-0.05, 0) is 38.0 Å². The van der Waals surface area contributed by atoms with Gasteiger partial charge in [-0.1, -0.05) is 23.7 Å². The summed E-state index contributed by atoms with van der Waals surface area (Å²) in [6, 6.07) is 7.34. The number of amides is 1. The van der Waals surface area contributed by atoms with Crippen LogP contribution in [0.3, 0.4) is 0 Å². The highest BCUT2D eigenvalue weighted by molar-refractivity contribution is 6.30. The van der Waals surface area contributed by atoms with Crippen LogP contribution in [0.2, 0.25) is 5.02 Å². The predicted molar refractivity (Wildman–Crippen MR) is 68.9 cm³/mol. The van der Waals surface area contributed by atoms with Crippen LogP contribution >= 0.6 is 11.6 Å². The Balaban J connectivity index is 2.48. The molecule has 0 bridgehead atoms. The van der Waals surface area contributed by atoms with E-state index in [4.69, 9.17) is 16.7 Å². The number of hydrogen-bond donors (Lipinski definition) is 2. The number of halogens is 1. The number of carbonyl (C=O) groups is 1. The third-order valence-electron chi connectivity index (χ3n) is 2.52. The highest BCUT2D eigenvalue weighted by Gasteiger charge is 2.10. The molecule has 0 radical (unpaired) electrons. The first-order valence-electron chi connectivity index (χ1n) is 5.72. The molecule has 0 aromatic heterocycles. The minimum atomic E-state index is -0.442. The van der Waals surface area contributed by atoms with E-state index in [0.717, 1.165) is 5.56 Å². The van der Waals surface area contributed by atoms with Gasteiger partial charge in [-0.25, -0.2) is 0 Å². The molecule has 0 aliphatic heterocycles. The number of aliphatic hydroxyl groups is 1. The second-order valence-corrected chi connectivity index (χ2v) is 4.67. The van der Waals surface area contributed by atoms with E-state index >= 15 is 0 Å². The molecule has 2 atom stereocenters. The van der Waals surface area contributed by atoms with Gasteiger partial charge in [0.1, 0.15) is 0 Å². The second kappa shape index (κ2) is 6.62. The first-order chi connectivity index (χ1) is 7.99. The maximum atomic E-state index is 11.6. The molecule has 1 aromatic rings. The normalized spacial score (nSPS) is 14.1. The molecule has 0 spiro atoms. The van der Waals surface area contributed by atoms with Crippen LogP contribution in [-0.4, -0.2) is 17.1 Å². The predicted octanol–water partition coefficient (Wildman–Crippen LogP) is 2.68. The molecule has 4 heteroatoms. The van der Waals surface area contributed by atoms with E-state index in [-0.39, 0.29) is 11.9 Å². The Labute approximate surface area is 107 Å². The summed E-state index contributed by atoms with van der Waals surface area (Å²) in [5, 5.41) is 12.6. The maximum absolute atomic E-state index is 11.6. The summed E-state index contributed by atoms with van der Waals surface area (Å²) >= 11 is 5.88. The Morgan fingerprint density at radius 2 is 2.18 bits per heavy atom. The van der Waals surface area contributed by atoms with Crippen LogP contribution in [0.15, 0.2) is 24.3 Å². The van der Waals surface area contributed by atoms with Crippen molar-refractivity contribution in [2.24, 2.45) is 0 Å². The zero-order valence-corrected chi connectivity index (χ0v) is 10.9. The Morgan fingerprint density at radius 1 is 1.47 bits per heavy atom. The van der Waals surface area contributed by atoms with Gasteiger partial charge >= 0.3 is 0 Å². The monoisotopic (exact) mass is 255 g/mol. The van der Waals surface area contributed by atoms with Crippen molar-refractivity contribution in [3.05, 3.63) is 34.9 Å². The van der Waals surface area contributed by atoms with Gasteiger partial charge in [0.15, 0.2) is 0 Å². The van der Waals surface area contributed by atoms with E-state index in [1.54, 1.807) is 13.0 Å². The van der Waals surface area contributed by atoms with Crippen LogP contribution in [-0.2, 0) is 4.79 Å². The zero-order chi connectivity index (χ0) is 12.8. The number of hydrogen-bond acceptors (Lipinski definition) is 2. The lowest BCUT2D eigenvalue weighted by Gasteiger charge is -2.15. The topological polar surface area (TPSA) is 49.3 Å². The molecule has 17 heavy (non-hydrogen) atoms. The van der Waals surface area contributed by atoms with Crippen LogP contribution in [0.4, 0.5) is 0 Å². The summed E-state index contributed by atoms with van der Waals surface area (Å²) in [5.74, 6) is -0.0571. The summed E-state index contributed by atoms with van der Waals surface area (Å²) in [5.41, 5.74) is 0.975. The van der Waals surface area contributed by atoms with Gasteiger partial charge in [-0.3, -0.25) is 4.79 Å². The molecule has 1 amide bonds. The molecule has 0 aliphatic rings.